The average molecular weight is 462 g/mol. The number of nitrogens with zero attached hydrogens (tertiary/aromatic N) is 6. The van der Waals surface area contributed by atoms with Gasteiger partial charge >= 0.3 is 0 Å². The lowest BCUT2D eigenvalue weighted by atomic mass is 10.1. The normalized spacial score (nSPS) is 14.3. The van der Waals surface area contributed by atoms with E-state index in [2.05, 4.69) is 25.3 Å². The second-order valence-electron chi connectivity index (χ2n) is 8.84. The van der Waals surface area contributed by atoms with Gasteiger partial charge in [0.15, 0.2) is 0 Å². The SMILES string of the molecule is Cc1cc(C)nc(-n2nc(C)cc2NC(=O)CN2CCN(C(=O)Cc3ccccc3C)CC2)n1. The Balaban J connectivity index is 1.32. The van der Waals surface area contributed by atoms with Gasteiger partial charge in [0.05, 0.1) is 18.7 Å². The van der Waals surface area contributed by atoms with Crippen molar-refractivity contribution in [3.63, 3.8) is 0 Å². The lowest BCUT2D eigenvalue weighted by Crippen LogP contribution is -2.50. The minimum absolute atomic E-state index is 0.131. The van der Waals surface area contributed by atoms with Crippen molar-refractivity contribution in [2.45, 2.75) is 34.1 Å². The fraction of sp³-hybridized carbons (Fsp3) is 0.400. The van der Waals surface area contributed by atoms with Crippen LogP contribution < -0.4 is 5.32 Å². The Labute approximate surface area is 199 Å². The molecule has 1 aliphatic rings. The fourth-order valence-electron chi connectivity index (χ4n) is 4.17. The zero-order chi connectivity index (χ0) is 24.2. The number of hydrogen-bond donors (Lipinski definition) is 1. The molecule has 1 N–H and O–H groups in total. The standard InChI is InChI=1S/C25H31N7O2/c1-17-7-5-6-8-21(17)15-24(34)31-11-9-30(10-12-31)16-23(33)28-22-14-20(4)29-32(22)25-26-18(2)13-19(3)27-25/h5-8,13-14H,9-12,15-16H2,1-4H3,(H,28,33). The molecule has 0 saturated carbocycles. The minimum atomic E-state index is -0.134. The summed E-state index contributed by atoms with van der Waals surface area (Å²) in [6.45, 7) is 10.5. The second-order valence-corrected chi connectivity index (χ2v) is 8.84. The highest BCUT2D eigenvalue weighted by Gasteiger charge is 2.23. The number of nitrogens with one attached hydrogen (secondary N) is 1. The Morgan fingerprint density at radius 2 is 1.59 bits per heavy atom. The molecule has 34 heavy (non-hydrogen) atoms. The molecule has 1 aromatic carbocycles. The summed E-state index contributed by atoms with van der Waals surface area (Å²) in [5.74, 6) is 0.970. The lowest BCUT2D eigenvalue weighted by molar-refractivity contribution is -0.132. The maximum Gasteiger partial charge on any atom is 0.252 e. The van der Waals surface area contributed by atoms with Crippen molar-refractivity contribution in [3.8, 4) is 5.95 Å². The van der Waals surface area contributed by atoms with Gasteiger partial charge in [-0.2, -0.15) is 9.78 Å². The first kappa shape index (κ1) is 23.6. The summed E-state index contributed by atoms with van der Waals surface area (Å²) in [5.41, 5.74) is 4.63. The molecule has 178 valence electrons. The van der Waals surface area contributed by atoms with Crippen molar-refractivity contribution < 1.29 is 9.59 Å². The van der Waals surface area contributed by atoms with Gasteiger partial charge < -0.3 is 10.2 Å². The Morgan fingerprint density at radius 3 is 2.26 bits per heavy atom. The van der Waals surface area contributed by atoms with E-state index in [1.807, 2.05) is 62.9 Å². The predicted octanol–water partition coefficient (Wildman–Crippen LogP) is 2.22. The first-order valence-corrected chi connectivity index (χ1v) is 11.5. The van der Waals surface area contributed by atoms with Gasteiger partial charge in [-0.25, -0.2) is 9.97 Å². The number of benzene rings is 1. The van der Waals surface area contributed by atoms with E-state index in [0.29, 0.717) is 44.4 Å². The molecule has 9 heteroatoms. The van der Waals surface area contributed by atoms with Crippen LogP contribution in [-0.4, -0.2) is 74.1 Å². The highest BCUT2D eigenvalue weighted by Crippen LogP contribution is 2.16. The Morgan fingerprint density at radius 1 is 0.912 bits per heavy atom. The van der Waals surface area contributed by atoms with Crippen molar-refractivity contribution in [2.24, 2.45) is 0 Å². The number of carbonyl (C=O) groups excluding carboxylic acids is 2. The fourth-order valence-corrected chi connectivity index (χ4v) is 4.17. The number of rotatable bonds is 6. The summed E-state index contributed by atoms with van der Waals surface area (Å²) in [7, 11) is 0. The molecular formula is C25H31N7O2. The third-order valence-corrected chi connectivity index (χ3v) is 5.95. The summed E-state index contributed by atoms with van der Waals surface area (Å²) >= 11 is 0. The van der Waals surface area contributed by atoms with Crippen molar-refractivity contribution in [2.75, 3.05) is 38.0 Å². The highest BCUT2D eigenvalue weighted by atomic mass is 16.2. The van der Waals surface area contributed by atoms with Crippen LogP contribution >= 0.6 is 0 Å². The molecular weight excluding hydrogens is 430 g/mol. The Kier molecular flexibility index (Phi) is 7.02. The summed E-state index contributed by atoms with van der Waals surface area (Å²) in [6, 6.07) is 11.7. The number of anilines is 1. The van der Waals surface area contributed by atoms with Crippen LogP contribution in [0.15, 0.2) is 36.4 Å². The largest absolute Gasteiger partial charge is 0.340 e. The number of piperazine rings is 1. The number of carbonyl (C=O) groups is 2. The Hall–Kier alpha value is -3.59. The summed E-state index contributed by atoms with van der Waals surface area (Å²) in [6.07, 6.45) is 0.414. The summed E-state index contributed by atoms with van der Waals surface area (Å²) in [4.78, 5) is 38.4. The zero-order valence-corrected chi connectivity index (χ0v) is 20.2. The van der Waals surface area contributed by atoms with E-state index >= 15 is 0 Å². The van der Waals surface area contributed by atoms with E-state index in [4.69, 9.17) is 0 Å². The van der Waals surface area contributed by atoms with Crippen LogP contribution in [0.5, 0.6) is 0 Å². The van der Waals surface area contributed by atoms with Gasteiger partial charge in [0, 0.05) is 43.6 Å². The molecule has 3 heterocycles. The summed E-state index contributed by atoms with van der Waals surface area (Å²) in [5, 5.41) is 7.40. The van der Waals surface area contributed by atoms with Crippen molar-refractivity contribution in [1.82, 2.24) is 29.5 Å². The lowest BCUT2D eigenvalue weighted by Gasteiger charge is -2.34. The van der Waals surface area contributed by atoms with Crippen LogP contribution in [0.3, 0.4) is 0 Å². The van der Waals surface area contributed by atoms with Gasteiger partial charge in [-0.3, -0.25) is 14.5 Å². The van der Waals surface area contributed by atoms with Crippen LogP contribution in [0.2, 0.25) is 0 Å². The minimum Gasteiger partial charge on any atom is -0.340 e. The molecule has 1 saturated heterocycles. The average Bonchev–Trinajstić information content (AvgIpc) is 3.15. The van der Waals surface area contributed by atoms with Gasteiger partial charge in [0.1, 0.15) is 5.82 Å². The number of hydrogen-bond acceptors (Lipinski definition) is 6. The molecule has 1 fully saturated rings. The maximum atomic E-state index is 12.8. The van der Waals surface area contributed by atoms with E-state index in [9.17, 15) is 9.59 Å². The van der Waals surface area contributed by atoms with E-state index < -0.39 is 0 Å². The molecule has 0 spiro atoms. The van der Waals surface area contributed by atoms with E-state index in [-0.39, 0.29) is 18.4 Å². The highest BCUT2D eigenvalue weighted by molar-refractivity contribution is 5.91. The second kappa shape index (κ2) is 10.1. The number of aromatic nitrogens is 4. The van der Waals surface area contributed by atoms with Crippen LogP contribution in [0.4, 0.5) is 5.82 Å². The molecule has 1 aliphatic heterocycles. The van der Waals surface area contributed by atoms with Gasteiger partial charge in [-0.15, -0.1) is 0 Å². The van der Waals surface area contributed by atoms with Gasteiger partial charge in [-0.05, 0) is 44.9 Å². The monoisotopic (exact) mass is 461 g/mol. The van der Waals surface area contributed by atoms with Crippen molar-refractivity contribution in [3.05, 3.63) is 64.6 Å². The third-order valence-electron chi connectivity index (χ3n) is 5.95. The first-order chi connectivity index (χ1) is 16.3. The van der Waals surface area contributed by atoms with E-state index in [0.717, 1.165) is 28.2 Å². The van der Waals surface area contributed by atoms with Crippen LogP contribution in [0, 0.1) is 27.7 Å². The molecule has 0 unspecified atom stereocenters. The van der Waals surface area contributed by atoms with Gasteiger partial charge in [-0.1, -0.05) is 24.3 Å². The van der Waals surface area contributed by atoms with E-state index in [1.165, 1.54) is 0 Å². The molecule has 0 bridgehead atoms. The van der Waals surface area contributed by atoms with Crippen LogP contribution in [0.1, 0.15) is 28.2 Å². The molecule has 2 aromatic heterocycles. The Bertz CT molecular complexity index is 1180. The smallest absolute Gasteiger partial charge is 0.252 e. The third kappa shape index (κ3) is 5.66. The molecule has 0 atom stereocenters. The van der Waals surface area contributed by atoms with Gasteiger partial charge in [0.2, 0.25) is 11.8 Å². The first-order valence-electron chi connectivity index (χ1n) is 11.5. The molecule has 0 aliphatic carbocycles. The number of aryl methyl sites for hydroxylation is 4. The van der Waals surface area contributed by atoms with Crippen molar-refractivity contribution >= 4 is 17.6 Å². The molecule has 3 aromatic rings. The zero-order valence-electron chi connectivity index (χ0n) is 20.2. The van der Waals surface area contributed by atoms with Gasteiger partial charge in [0.25, 0.3) is 5.95 Å². The van der Waals surface area contributed by atoms with Crippen molar-refractivity contribution in [1.29, 1.82) is 0 Å². The van der Waals surface area contributed by atoms with E-state index in [1.54, 1.807) is 10.7 Å². The topological polar surface area (TPSA) is 96.3 Å². The molecule has 9 nitrogen and oxygen atoms in total. The molecule has 0 radical (unpaired) electrons. The molecule has 4 rings (SSSR count). The quantitative estimate of drug-likeness (QED) is 0.605. The van der Waals surface area contributed by atoms with Crippen LogP contribution in [0.25, 0.3) is 5.95 Å². The molecule has 2 amide bonds. The maximum absolute atomic E-state index is 12.8. The number of amides is 2. The summed E-state index contributed by atoms with van der Waals surface area (Å²) < 4.78 is 1.56. The predicted molar refractivity (Wildman–Crippen MR) is 130 cm³/mol. The van der Waals surface area contributed by atoms with Crippen LogP contribution in [-0.2, 0) is 16.0 Å².